The highest BCUT2D eigenvalue weighted by molar-refractivity contribution is 5.72. The highest BCUT2D eigenvalue weighted by atomic mass is 19.4. The molecule has 2 aromatic carbocycles. The van der Waals surface area contributed by atoms with E-state index >= 15 is 0 Å². The molecule has 0 bridgehead atoms. The molecular weight excluding hydrogens is 495 g/mol. The molecule has 0 aliphatic carbocycles. The Labute approximate surface area is 211 Å². The lowest BCUT2D eigenvalue weighted by atomic mass is 10.1. The highest BCUT2D eigenvalue weighted by Gasteiger charge is 2.30. The predicted molar refractivity (Wildman–Crippen MR) is 126 cm³/mol. The lowest BCUT2D eigenvalue weighted by molar-refractivity contribution is -0.138. The topological polar surface area (TPSA) is 96.3 Å². The number of methoxy groups -OCH3 is 2. The Morgan fingerprint density at radius 2 is 1.81 bits per heavy atom. The molecular formula is C26H26F3NO7. The molecule has 3 rings (SSSR count). The molecule has 0 saturated carbocycles. The number of hydrogen-bond acceptors (Lipinski definition) is 7. The Morgan fingerprint density at radius 3 is 2.46 bits per heavy atom. The van der Waals surface area contributed by atoms with Gasteiger partial charge in [0.25, 0.3) is 0 Å². The summed E-state index contributed by atoms with van der Waals surface area (Å²) in [7, 11) is 2.94. The van der Waals surface area contributed by atoms with E-state index in [0.717, 1.165) is 17.7 Å². The zero-order valence-corrected chi connectivity index (χ0v) is 20.2. The summed E-state index contributed by atoms with van der Waals surface area (Å²) >= 11 is 0. The van der Waals surface area contributed by atoms with Gasteiger partial charge in [-0.3, -0.25) is 4.79 Å². The first-order valence-electron chi connectivity index (χ1n) is 11.2. The van der Waals surface area contributed by atoms with E-state index in [1.54, 1.807) is 36.4 Å². The van der Waals surface area contributed by atoms with Crippen molar-refractivity contribution in [2.24, 2.45) is 0 Å². The summed E-state index contributed by atoms with van der Waals surface area (Å²) in [6.45, 7) is 0.246. The molecule has 0 unspecified atom stereocenters. The van der Waals surface area contributed by atoms with Crippen molar-refractivity contribution in [2.45, 2.75) is 25.4 Å². The second kappa shape index (κ2) is 12.8. The van der Waals surface area contributed by atoms with E-state index in [1.165, 1.54) is 14.2 Å². The molecule has 0 amide bonds. The van der Waals surface area contributed by atoms with Gasteiger partial charge >= 0.3 is 12.1 Å². The number of carbonyl (C=O) groups is 1. The van der Waals surface area contributed by atoms with Crippen LogP contribution in [0.4, 0.5) is 13.2 Å². The minimum absolute atomic E-state index is 0.00272. The van der Waals surface area contributed by atoms with Crippen LogP contribution < -0.4 is 18.9 Å². The summed E-state index contributed by atoms with van der Waals surface area (Å²) in [5, 5.41) is 9.17. The van der Waals surface area contributed by atoms with Gasteiger partial charge in [0.1, 0.15) is 11.5 Å². The standard InChI is InChI=1S/C26H26F3NO7/c1-33-16-36-20-10-8-17(22(14-20)37-23-11-9-19(15-30-23)26(27,28)29)6-4-12-35-25-18(13-24(31)32)5-3-7-21(25)34-2/h3,5,7-11,14-15H,4,6,12-13,16H2,1-2H3,(H,31,32). The maximum Gasteiger partial charge on any atom is 0.417 e. The number of carboxylic acid groups (broad SMARTS) is 1. The average molecular weight is 521 g/mol. The van der Waals surface area contributed by atoms with Gasteiger partial charge < -0.3 is 28.8 Å². The van der Waals surface area contributed by atoms with Gasteiger partial charge in [0, 0.05) is 31.0 Å². The highest BCUT2D eigenvalue weighted by Crippen LogP contribution is 2.34. The number of rotatable bonds is 13. The number of alkyl halides is 3. The second-order valence-electron chi connectivity index (χ2n) is 7.78. The molecule has 8 nitrogen and oxygen atoms in total. The number of aromatic nitrogens is 1. The van der Waals surface area contributed by atoms with Crippen LogP contribution in [0.3, 0.4) is 0 Å². The molecule has 0 aliphatic heterocycles. The molecule has 0 aliphatic rings. The van der Waals surface area contributed by atoms with E-state index in [-0.39, 0.29) is 25.7 Å². The fraction of sp³-hybridized carbons (Fsp3) is 0.308. The fourth-order valence-electron chi connectivity index (χ4n) is 3.40. The molecule has 0 spiro atoms. The second-order valence-corrected chi connectivity index (χ2v) is 7.78. The van der Waals surface area contributed by atoms with Gasteiger partial charge in [0.15, 0.2) is 18.3 Å². The van der Waals surface area contributed by atoms with Crippen LogP contribution in [0.25, 0.3) is 0 Å². The Hall–Kier alpha value is -3.99. The monoisotopic (exact) mass is 521 g/mol. The zero-order valence-electron chi connectivity index (χ0n) is 20.2. The quantitative estimate of drug-likeness (QED) is 0.232. The van der Waals surface area contributed by atoms with Crippen molar-refractivity contribution >= 4 is 5.97 Å². The summed E-state index contributed by atoms with van der Waals surface area (Å²) in [5.74, 6) is 0.576. The number of para-hydroxylation sites is 1. The van der Waals surface area contributed by atoms with E-state index in [9.17, 15) is 18.0 Å². The van der Waals surface area contributed by atoms with Gasteiger partial charge in [-0.2, -0.15) is 13.2 Å². The third-order valence-electron chi connectivity index (χ3n) is 5.12. The Bertz CT molecular complexity index is 1180. The number of carboxylic acids is 1. The molecule has 198 valence electrons. The summed E-state index contributed by atoms with van der Waals surface area (Å²) in [5.41, 5.74) is 0.345. The molecule has 0 radical (unpaired) electrons. The molecule has 0 atom stereocenters. The smallest absolute Gasteiger partial charge is 0.417 e. The lowest BCUT2D eigenvalue weighted by Crippen LogP contribution is -2.07. The van der Waals surface area contributed by atoms with Crippen molar-refractivity contribution < 1.29 is 46.8 Å². The number of pyridine rings is 1. The fourth-order valence-corrected chi connectivity index (χ4v) is 3.40. The number of benzene rings is 2. The molecule has 1 N–H and O–H groups in total. The lowest BCUT2D eigenvalue weighted by Gasteiger charge is -2.16. The van der Waals surface area contributed by atoms with Crippen molar-refractivity contribution in [1.29, 1.82) is 0 Å². The number of halogens is 3. The summed E-state index contributed by atoms with van der Waals surface area (Å²) < 4.78 is 65.9. The van der Waals surface area contributed by atoms with Crippen LogP contribution >= 0.6 is 0 Å². The number of aliphatic carboxylic acids is 1. The minimum Gasteiger partial charge on any atom is -0.493 e. The molecule has 3 aromatic rings. The van der Waals surface area contributed by atoms with Crippen molar-refractivity contribution in [1.82, 2.24) is 4.98 Å². The molecule has 37 heavy (non-hydrogen) atoms. The molecule has 0 saturated heterocycles. The maximum atomic E-state index is 12.9. The zero-order chi connectivity index (χ0) is 26.8. The first-order chi connectivity index (χ1) is 17.7. The van der Waals surface area contributed by atoms with Crippen LogP contribution in [0.1, 0.15) is 23.1 Å². The van der Waals surface area contributed by atoms with E-state index in [0.29, 0.717) is 47.6 Å². The number of nitrogens with zero attached hydrogens (tertiary/aromatic N) is 1. The normalized spacial score (nSPS) is 11.2. The molecule has 1 aromatic heterocycles. The van der Waals surface area contributed by atoms with Crippen LogP contribution in [0, 0.1) is 0 Å². The van der Waals surface area contributed by atoms with E-state index < -0.39 is 17.7 Å². The van der Waals surface area contributed by atoms with Gasteiger partial charge in [-0.25, -0.2) is 4.98 Å². The van der Waals surface area contributed by atoms with Crippen LogP contribution in [-0.4, -0.2) is 43.7 Å². The van der Waals surface area contributed by atoms with Gasteiger partial charge in [-0.1, -0.05) is 18.2 Å². The SMILES string of the molecule is COCOc1ccc(CCCOc2c(CC(=O)O)cccc2OC)c(Oc2ccc(C(F)(F)F)cn2)c1. The Morgan fingerprint density at radius 1 is 1.00 bits per heavy atom. The van der Waals surface area contributed by atoms with Crippen LogP contribution in [0.15, 0.2) is 54.7 Å². The maximum absolute atomic E-state index is 12.9. The van der Waals surface area contributed by atoms with Crippen LogP contribution in [-0.2, 0) is 28.5 Å². The predicted octanol–water partition coefficient (Wildman–Crippen LogP) is 5.52. The first-order valence-corrected chi connectivity index (χ1v) is 11.2. The third kappa shape index (κ3) is 8.01. The van der Waals surface area contributed by atoms with Gasteiger partial charge in [-0.15, -0.1) is 0 Å². The molecule has 0 fully saturated rings. The molecule has 1 heterocycles. The van der Waals surface area contributed by atoms with E-state index in [2.05, 4.69) is 4.98 Å². The van der Waals surface area contributed by atoms with Gasteiger partial charge in [0.05, 0.1) is 25.7 Å². The summed E-state index contributed by atoms with van der Waals surface area (Å²) in [6, 6.07) is 12.1. The van der Waals surface area contributed by atoms with Crippen molar-refractivity contribution in [3.05, 3.63) is 71.4 Å². The van der Waals surface area contributed by atoms with Crippen LogP contribution in [0.2, 0.25) is 0 Å². The Kier molecular flexibility index (Phi) is 9.56. The van der Waals surface area contributed by atoms with Crippen molar-refractivity contribution in [3.8, 4) is 28.9 Å². The average Bonchev–Trinajstić information content (AvgIpc) is 2.86. The summed E-state index contributed by atoms with van der Waals surface area (Å²) in [6.07, 6.45) is -3.02. The van der Waals surface area contributed by atoms with Gasteiger partial charge in [0.2, 0.25) is 5.88 Å². The largest absolute Gasteiger partial charge is 0.493 e. The van der Waals surface area contributed by atoms with Crippen molar-refractivity contribution in [2.75, 3.05) is 27.6 Å². The number of ether oxygens (including phenoxy) is 5. The van der Waals surface area contributed by atoms with Crippen LogP contribution in [0.5, 0.6) is 28.9 Å². The Balaban J connectivity index is 1.73. The minimum atomic E-state index is -4.50. The van der Waals surface area contributed by atoms with E-state index in [4.69, 9.17) is 28.8 Å². The third-order valence-corrected chi connectivity index (χ3v) is 5.12. The van der Waals surface area contributed by atoms with Gasteiger partial charge in [-0.05, 0) is 36.6 Å². The number of hydrogen-bond donors (Lipinski definition) is 1. The first kappa shape index (κ1) is 27.6. The molecule has 11 heteroatoms. The van der Waals surface area contributed by atoms with Crippen molar-refractivity contribution in [3.63, 3.8) is 0 Å². The number of aryl methyl sites for hydroxylation is 1. The summed E-state index contributed by atoms with van der Waals surface area (Å²) in [4.78, 5) is 15.0. The van der Waals surface area contributed by atoms with E-state index in [1.807, 2.05) is 0 Å².